The minimum Gasteiger partial charge on any atom is -0.411 e. The van der Waals surface area contributed by atoms with Crippen LogP contribution in [0.15, 0.2) is 62.8 Å². The molecule has 3 aromatic rings. The second kappa shape index (κ2) is 7.38. The number of thioether (sulfide) groups is 1. The molecule has 1 aromatic carbocycles. The fourth-order valence-corrected chi connectivity index (χ4v) is 2.77. The van der Waals surface area contributed by atoms with Gasteiger partial charge in [0.05, 0.1) is 11.3 Å². The highest BCUT2D eigenvalue weighted by atomic mass is 79.9. The van der Waals surface area contributed by atoms with Crippen molar-refractivity contribution in [1.29, 1.82) is 0 Å². The van der Waals surface area contributed by atoms with Crippen LogP contribution in [0.3, 0.4) is 0 Å². The molecular weight excluding hydrogens is 380 g/mol. The van der Waals surface area contributed by atoms with Crippen LogP contribution in [0.2, 0.25) is 0 Å². The summed E-state index contributed by atoms with van der Waals surface area (Å²) in [6.07, 6.45) is 1.62. The zero-order valence-electron chi connectivity index (χ0n) is 11.8. The third-order valence-corrected chi connectivity index (χ3v) is 4.28. The molecule has 116 valence electrons. The third-order valence-electron chi connectivity index (χ3n) is 2.77. The minimum atomic E-state index is -0.186. The first kappa shape index (κ1) is 15.7. The van der Waals surface area contributed by atoms with E-state index in [0.717, 1.165) is 10.0 Å². The molecule has 23 heavy (non-hydrogen) atoms. The van der Waals surface area contributed by atoms with E-state index in [2.05, 4.69) is 36.4 Å². The van der Waals surface area contributed by atoms with Crippen LogP contribution < -0.4 is 5.32 Å². The molecule has 0 aliphatic carbocycles. The lowest BCUT2D eigenvalue weighted by Crippen LogP contribution is -2.14. The summed E-state index contributed by atoms with van der Waals surface area (Å²) in [6.45, 7) is 0. The van der Waals surface area contributed by atoms with Crippen molar-refractivity contribution in [3.05, 3.63) is 53.1 Å². The number of nitrogens with zero attached hydrogens (tertiary/aromatic N) is 3. The van der Waals surface area contributed by atoms with Gasteiger partial charge in [0.25, 0.3) is 5.22 Å². The number of anilines is 1. The Kier molecular flexibility index (Phi) is 5.04. The van der Waals surface area contributed by atoms with Crippen LogP contribution in [-0.2, 0) is 4.79 Å². The molecule has 0 fully saturated rings. The van der Waals surface area contributed by atoms with Crippen molar-refractivity contribution in [2.45, 2.75) is 5.22 Å². The van der Waals surface area contributed by atoms with E-state index in [9.17, 15) is 4.79 Å². The lowest BCUT2D eigenvalue weighted by atomic mass is 10.2. The van der Waals surface area contributed by atoms with E-state index in [1.54, 1.807) is 24.4 Å². The first-order valence-corrected chi connectivity index (χ1v) is 8.42. The van der Waals surface area contributed by atoms with Crippen molar-refractivity contribution in [1.82, 2.24) is 15.2 Å². The summed E-state index contributed by atoms with van der Waals surface area (Å²) >= 11 is 4.61. The van der Waals surface area contributed by atoms with E-state index in [0.29, 0.717) is 16.9 Å². The Morgan fingerprint density at radius 1 is 1.17 bits per heavy atom. The standard InChI is InChI=1S/C15H11BrN4O2S/c16-11-6-2-1-5-10(11)14-19-20-15(22-14)23-9-13(21)18-12-7-3-4-8-17-12/h1-8H,9H2,(H,17,18,21). The number of carbonyl (C=O) groups is 1. The topological polar surface area (TPSA) is 80.9 Å². The Balaban J connectivity index is 1.59. The van der Waals surface area contributed by atoms with E-state index in [-0.39, 0.29) is 11.7 Å². The molecule has 1 N–H and O–H groups in total. The zero-order chi connectivity index (χ0) is 16.1. The van der Waals surface area contributed by atoms with Gasteiger partial charge in [0.2, 0.25) is 11.8 Å². The largest absolute Gasteiger partial charge is 0.411 e. The van der Waals surface area contributed by atoms with Crippen molar-refractivity contribution in [3.8, 4) is 11.5 Å². The normalized spacial score (nSPS) is 10.5. The number of halogens is 1. The maximum atomic E-state index is 11.8. The molecular formula is C15H11BrN4O2S. The number of hydrogen-bond acceptors (Lipinski definition) is 6. The van der Waals surface area contributed by atoms with Crippen molar-refractivity contribution in [3.63, 3.8) is 0 Å². The average molecular weight is 391 g/mol. The molecule has 0 unspecified atom stereocenters. The van der Waals surface area contributed by atoms with Gasteiger partial charge in [-0.1, -0.05) is 30.0 Å². The lowest BCUT2D eigenvalue weighted by Gasteiger charge is -2.01. The molecule has 0 saturated carbocycles. The van der Waals surface area contributed by atoms with Crippen molar-refractivity contribution in [2.75, 3.05) is 11.1 Å². The minimum absolute atomic E-state index is 0.161. The molecule has 0 atom stereocenters. The number of rotatable bonds is 5. The maximum absolute atomic E-state index is 11.8. The second-order valence-electron chi connectivity index (χ2n) is 4.40. The van der Waals surface area contributed by atoms with E-state index in [1.807, 2.05) is 24.3 Å². The van der Waals surface area contributed by atoms with Crippen LogP contribution in [0.5, 0.6) is 0 Å². The molecule has 0 radical (unpaired) electrons. The first-order valence-electron chi connectivity index (χ1n) is 6.64. The fourth-order valence-electron chi connectivity index (χ4n) is 1.75. The molecule has 2 heterocycles. The summed E-state index contributed by atoms with van der Waals surface area (Å²) in [5.74, 6) is 0.894. The predicted molar refractivity (Wildman–Crippen MR) is 91.0 cm³/mol. The Bertz CT molecular complexity index is 810. The Labute approximate surface area is 144 Å². The Morgan fingerprint density at radius 3 is 2.78 bits per heavy atom. The highest BCUT2D eigenvalue weighted by Gasteiger charge is 2.13. The van der Waals surface area contributed by atoms with Gasteiger partial charge < -0.3 is 9.73 Å². The molecule has 0 saturated heterocycles. The fraction of sp³-hybridized carbons (Fsp3) is 0.0667. The van der Waals surface area contributed by atoms with E-state index in [4.69, 9.17) is 4.42 Å². The summed E-state index contributed by atoms with van der Waals surface area (Å²) in [5, 5.41) is 11.0. The summed E-state index contributed by atoms with van der Waals surface area (Å²) < 4.78 is 6.43. The average Bonchev–Trinajstić information content (AvgIpc) is 3.03. The first-order chi connectivity index (χ1) is 11.2. The van der Waals surface area contributed by atoms with Gasteiger partial charge in [-0.2, -0.15) is 0 Å². The second-order valence-corrected chi connectivity index (χ2v) is 6.19. The third kappa shape index (κ3) is 4.17. The molecule has 0 bridgehead atoms. The van der Waals surface area contributed by atoms with Crippen LogP contribution in [0, 0.1) is 0 Å². The highest BCUT2D eigenvalue weighted by Crippen LogP contribution is 2.28. The smallest absolute Gasteiger partial charge is 0.277 e. The van der Waals surface area contributed by atoms with Crippen LogP contribution >= 0.6 is 27.7 Å². The summed E-state index contributed by atoms with van der Waals surface area (Å²) in [7, 11) is 0. The molecule has 3 rings (SSSR count). The SMILES string of the molecule is O=C(CSc1nnc(-c2ccccc2Br)o1)Nc1ccccn1. The molecule has 6 nitrogen and oxygen atoms in total. The van der Waals surface area contributed by atoms with Crippen LogP contribution in [-0.4, -0.2) is 26.8 Å². The van der Waals surface area contributed by atoms with E-state index < -0.39 is 0 Å². The van der Waals surface area contributed by atoms with E-state index >= 15 is 0 Å². The lowest BCUT2D eigenvalue weighted by molar-refractivity contribution is -0.113. The van der Waals surface area contributed by atoms with Crippen LogP contribution in [0.4, 0.5) is 5.82 Å². The molecule has 0 aliphatic heterocycles. The van der Waals surface area contributed by atoms with Crippen LogP contribution in [0.25, 0.3) is 11.5 Å². The number of aromatic nitrogens is 3. The van der Waals surface area contributed by atoms with Gasteiger partial charge in [0, 0.05) is 10.7 Å². The van der Waals surface area contributed by atoms with Crippen LogP contribution in [0.1, 0.15) is 0 Å². The molecule has 2 aromatic heterocycles. The number of amides is 1. The summed E-state index contributed by atoms with van der Waals surface area (Å²) in [4.78, 5) is 15.9. The van der Waals surface area contributed by atoms with Gasteiger partial charge in [0.15, 0.2) is 0 Å². The van der Waals surface area contributed by atoms with Gasteiger partial charge in [0.1, 0.15) is 5.82 Å². The Morgan fingerprint density at radius 2 is 2.00 bits per heavy atom. The number of pyridine rings is 1. The van der Waals surface area contributed by atoms with Crippen molar-refractivity contribution < 1.29 is 9.21 Å². The molecule has 0 aliphatic rings. The maximum Gasteiger partial charge on any atom is 0.277 e. The Hall–Kier alpha value is -2.19. The van der Waals surface area contributed by atoms with Gasteiger partial charge in [-0.05, 0) is 40.2 Å². The zero-order valence-corrected chi connectivity index (χ0v) is 14.2. The molecule has 1 amide bonds. The monoisotopic (exact) mass is 390 g/mol. The van der Waals surface area contributed by atoms with Gasteiger partial charge in [-0.3, -0.25) is 4.79 Å². The van der Waals surface area contributed by atoms with Crippen molar-refractivity contribution in [2.24, 2.45) is 0 Å². The molecule has 8 heteroatoms. The van der Waals surface area contributed by atoms with Crippen molar-refractivity contribution >= 4 is 39.4 Å². The summed E-state index contributed by atoms with van der Waals surface area (Å²) in [6, 6.07) is 12.9. The molecule has 0 spiro atoms. The van der Waals surface area contributed by atoms with Gasteiger partial charge in [-0.15, -0.1) is 10.2 Å². The highest BCUT2D eigenvalue weighted by molar-refractivity contribution is 9.10. The number of nitrogens with one attached hydrogen (secondary N) is 1. The summed E-state index contributed by atoms with van der Waals surface area (Å²) in [5.41, 5.74) is 0.810. The van der Waals surface area contributed by atoms with Gasteiger partial charge in [-0.25, -0.2) is 4.98 Å². The van der Waals surface area contributed by atoms with E-state index in [1.165, 1.54) is 11.8 Å². The van der Waals surface area contributed by atoms with Gasteiger partial charge >= 0.3 is 0 Å². The predicted octanol–water partition coefficient (Wildman–Crippen LogP) is 3.62. The number of hydrogen-bond donors (Lipinski definition) is 1. The quantitative estimate of drug-likeness (QED) is 0.669. The number of benzene rings is 1. The number of carbonyl (C=O) groups excluding carboxylic acids is 1.